The lowest BCUT2D eigenvalue weighted by Gasteiger charge is -2.09. The monoisotopic (exact) mass is 438 g/mol. The molecule has 6 nitrogen and oxygen atoms in total. The van der Waals surface area contributed by atoms with Gasteiger partial charge >= 0.3 is 5.97 Å². The second-order valence-corrected chi connectivity index (χ2v) is 8.21. The van der Waals surface area contributed by atoms with Crippen LogP contribution in [0.1, 0.15) is 38.6 Å². The Bertz CT molecular complexity index is 1010. The zero-order chi connectivity index (χ0) is 22.1. The van der Waals surface area contributed by atoms with Crippen LogP contribution in [0, 0.1) is 13.8 Å². The summed E-state index contributed by atoms with van der Waals surface area (Å²) in [7, 11) is 0. The number of nitrogens with one attached hydrogen (secondary N) is 1. The molecule has 31 heavy (non-hydrogen) atoms. The molecule has 0 bridgehead atoms. The first-order valence-corrected chi connectivity index (χ1v) is 11.0. The first-order chi connectivity index (χ1) is 15.0. The third-order valence-electron chi connectivity index (χ3n) is 4.54. The highest BCUT2D eigenvalue weighted by Crippen LogP contribution is 2.17. The molecule has 2 aromatic carbocycles. The Balaban J connectivity index is 1.36. The maximum absolute atomic E-state index is 12.3. The number of benzene rings is 2. The fourth-order valence-corrected chi connectivity index (χ4v) is 3.46. The number of nitrogens with zero attached hydrogens (tertiary/aromatic N) is 1. The van der Waals surface area contributed by atoms with E-state index in [0.717, 1.165) is 16.3 Å². The second-order valence-electron chi connectivity index (χ2n) is 7.15. The van der Waals surface area contributed by atoms with Gasteiger partial charge in [0.1, 0.15) is 19.0 Å². The molecule has 1 aromatic heterocycles. The van der Waals surface area contributed by atoms with E-state index in [-0.39, 0.29) is 19.1 Å². The number of hydrogen-bond acceptors (Lipinski definition) is 6. The predicted octanol–water partition coefficient (Wildman–Crippen LogP) is 4.24. The van der Waals surface area contributed by atoms with Crippen LogP contribution >= 0.6 is 11.3 Å². The summed E-state index contributed by atoms with van der Waals surface area (Å²) < 4.78 is 11.0. The van der Waals surface area contributed by atoms with Crippen molar-refractivity contribution in [1.29, 1.82) is 0 Å². The van der Waals surface area contributed by atoms with Crippen molar-refractivity contribution < 1.29 is 19.1 Å². The lowest BCUT2D eigenvalue weighted by molar-refractivity contribution is -0.121. The molecule has 3 rings (SSSR count). The minimum atomic E-state index is -0.455. The molecule has 0 aliphatic carbocycles. The molecular weight excluding hydrogens is 412 g/mol. The van der Waals surface area contributed by atoms with Crippen LogP contribution in [0.4, 0.5) is 0 Å². The number of thiazole rings is 1. The molecule has 1 heterocycles. The summed E-state index contributed by atoms with van der Waals surface area (Å²) in [5, 5.41) is 5.71. The minimum absolute atomic E-state index is 0.0655. The lowest BCUT2D eigenvalue weighted by Crippen LogP contribution is -2.28. The molecule has 7 heteroatoms. The first-order valence-electron chi connectivity index (χ1n) is 10.1. The van der Waals surface area contributed by atoms with E-state index in [2.05, 4.69) is 10.3 Å². The maximum atomic E-state index is 12.3. The summed E-state index contributed by atoms with van der Waals surface area (Å²) in [4.78, 5) is 28.6. The summed E-state index contributed by atoms with van der Waals surface area (Å²) in [5.41, 5.74) is 3.58. The van der Waals surface area contributed by atoms with Gasteiger partial charge in [0.15, 0.2) is 0 Å². The van der Waals surface area contributed by atoms with E-state index in [0.29, 0.717) is 30.8 Å². The average molecular weight is 439 g/mol. The number of ether oxygens (including phenoxy) is 2. The molecule has 0 aliphatic heterocycles. The Hall–Kier alpha value is -3.19. The average Bonchev–Trinajstić information content (AvgIpc) is 3.20. The normalized spacial score (nSPS) is 10.5. The molecule has 3 aromatic rings. The summed E-state index contributed by atoms with van der Waals surface area (Å²) in [6, 6.07) is 15.0. The van der Waals surface area contributed by atoms with Crippen LogP contribution in [0.2, 0.25) is 0 Å². The third kappa shape index (κ3) is 7.53. The number of aryl methyl sites for hydroxylation is 3. The largest absolute Gasteiger partial charge is 0.487 e. The van der Waals surface area contributed by atoms with Gasteiger partial charge in [0.2, 0.25) is 5.91 Å². The van der Waals surface area contributed by atoms with Crippen LogP contribution in [0.3, 0.4) is 0 Å². The molecule has 0 unspecified atom stereocenters. The van der Waals surface area contributed by atoms with Crippen molar-refractivity contribution in [3.63, 3.8) is 0 Å². The fraction of sp³-hybridized carbons (Fsp3) is 0.292. The van der Waals surface area contributed by atoms with Crippen molar-refractivity contribution in [1.82, 2.24) is 10.3 Å². The van der Waals surface area contributed by atoms with Crippen molar-refractivity contribution in [2.45, 2.75) is 33.3 Å². The molecule has 0 saturated carbocycles. The number of rotatable bonds is 10. The van der Waals surface area contributed by atoms with E-state index in [9.17, 15) is 9.59 Å². The fourth-order valence-electron chi connectivity index (χ4n) is 2.86. The highest BCUT2D eigenvalue weighted by Gasteiger charge is 2.09. The Labute approximate surface area is 186 Å². The van der Waals surface area contributed by atoms with Crippen LogP contribution in [0.15, 0.2) is 53.9 Å². The number of esters is 1. The molecule has 0 spiro atoms. The number of carbonyl (C=O) groups is 2. The maximum Gasteiger partial charge on any atom is 0.338 e. The van der Waals surface area contributed by atoms with Crippen LogP contribution in [-0.2, 0) is 22.6 Å². The van der Waals surface area contributed by atoms with Gasteiger partial charge in [-0.3, -0.25) is 4.79 Å². The van der Waals surface area contributed by atoms with E-state index in [1.165, 1.54) is 5.56 Å². The lowest BCUT2D eigenvalue weighted by atomic mass is 10.1. The number of amides is 1. The quantitative estimate of drug-likeness (QED) is 0.378. The van der Waals surface area contributed by atoms with Gasteiger partial charge in [0, 0.05) is 11.8 Å². The van der Waals surface area contributed by atoms with E-state index in [1.807, 2.05) is 43.5 Å². The SMILES string of the molecule is Cc1ccc(CCC(=O)NCCOC(=O)c2cccc(OCc3csc(C)n3)c2)cc1. The molecular formula is C24H26N2O4S. The molecule has 1 N–H and O–H groups in total. The summed E-state index contributed by atoms with van der Waals surface area (Å²) in [6.07, 6.45) is 1.08. The predicted molar refractivity (Wildman–Crippen MR) is 120 cm³/mol. The summed E-state index contributed by atoms with van der Waals surface area (Å²) in [5.74, 6) is 0.0534. The Morgan fingerprint density at radius 3 is 2.65 bits per heavy atom. The minimum Gasteiger partial charge on any atom is -0.487 e. The van der Waals surface area contributed by atoms with Crippen LogP contribution in [0.25, 0.3) is 0 Å². The van der Waals surface area contributed by atoms with Crippen LogP contribution < -0.4 is 10.1 Å². The van der Waals surface area contributed by atoms with E-state index in [4.69, 9.17) is 9.47 Å². The first kappa shape index (κ1) is 22.5. The van der Waals surface area contributed by atoms with Gasteiger partial charge in [-0.15, -0.1) is 11.3 Å². The number of hydrogen-bond donors (Lipinski definition) is 1. The topological polar surface area (TPSA) is 77.5 Å². The summed E-state index contributed by atoms with van der Waals surface area (Å²) in [6.45, 7) is 4.70. The van der Waals surface area contributed by atoms with Crippen molar-refractivity contribution in [3.8, 4) is 5.75 Å². The van der Waals surface area contributed by atoms with Gasteiger partial charge in [-0.25, -0.2) is 9.78 Å². The molecule has 0 atom stereocenters. The molecule has 0 aliphatic rings. The van der Waals surface area contributed by atoms with Gasteiger partial charge in [-0.05, 0) is 44.0 Å². The number of aromatic nitrogens is 1. The van der Waals surface area contributed by atoms with E-state index in [1.54, 1.807) is 35.6 Å². The van der Waals surface area contributed by atoms with E-state index >= 15 is 0 Å². The Morgan fingerprint density at radius 2 is 1.90 bits per heavy atom. The molecule has 162 valence electrons. The van der Waals surface area contributed by atoms with Crippen LogP contribution in [0.5, 0.6) is 5.75 Å². The molecule has 0 fully saturated rings. The van der Waals surface area contributed by atoms with Crippen molar-refractivity contribution in [2.24, 2.45) is 0 Å². The molecule has 1 amide bonds. The Morgan fingerprint density at radius 1 is 1.10 bits per heavy atom. The number of carbonyl (C=O) groups excluding carboxylic acids is 2. The van der Waals surface area contributed by atoms with Gasteiger partial charge < -0.3 is 14.8 Å². The summed E-state index contributed by atoms with van der Waals surface area (Å²) >= 11 is 1.57. The highest BCUT2D eigenvalue weighted by atomic mass is 32.1. The third-order valence-corrected chi connectivity index (χ3v) is 5.36. The zero-order valence-corrected chi connectivity index (χ0v) is 18.5. The van der Waals surface area contributed by atoms with E-state index < -0.39 is 5.97 Å². The van der Waals surface area contributed by atoms with Crippen molar-refractivity contribution >= 4 is 23.2 Å². The molecule has 0 saturated heterocycles. The van der Waals surface area contributed by atoms with Crippen molar-refractivity contribution in [3.05, 3.63) is 81.3 Å². The van der Waals surface area contributed by atoms with Gasteiger partial charge in [0.25, 0.3) is 0 Å². The van der Waals surface area contributed by atoms with Gasteiger partial charge in [-0.2, -0.15) is 0 Å². The van der Waals surface area contributed by atoms with Crippen molar-refractivity contribution in [2.75, 3.05) is 13.2 Å². The van der Waals surface area contributed by atoms with Crippen LogP contribution in [-0.4, -0.2) is 30.0 Å². The second kappa shape index (κ2) is 11.3. The zero-order valence-electron chi connectivity index (χ0n) is 17.7. The highest BCUT2D eigenvalue weighted by molar-refractivity contribution is 7.09. The molecule has 0 radical (unpaired) electrons. The van der Waals surface area contributed by atoms with Gasteiger partial charge in [0.05, 0.1) is 22.8 Å². The standard InChI is InChI=1S/C24H26N2O4S/c1-17-6-8-19(9-7-17)10-11-23(27)25-12-13-29-24(28)20-4-3-5-22(14-20)30-15-21-16-31-18(2)26-21/h3-9,14,16H,10-13,15H2,1-2H3,(H,25,27). The smallest absolute Gasteiger partial charge is 0.338 e. The van der Waals surface area contributed by atoms with Gasteiger partial charge in [-0.1, -0.05) is 35.9 Å². The Kier molecular flexibility index (Phi) is 8.18.